The predicted octanol–water partition coefficient (Wildman–Crippen LogP) is 2.88. The fourth-order valence-corrected chi connectivity index (χ4v) is 2.89. The summed E-state index contributed by atoms with van der Waals surface area (Å²) in [7, 11) is 0. The maximum Gasteiger partial charge on any atom is 0.227 e. The van der Waals surface area contributed by atoms with Crippen molar-refractivity contribution < 1.29 is 14.4 Å². The summed E-state index contributed by atoms with van der Waals surface area (Å²) in [5.41, 5.74) is 2.18. The van der Waals surface area contributed by atoms with Crippen LogP contribution >= 0.6 is 11.3 Å². The molecule has 2 heterocycles. The van der Waals surface area contributed by atoms with Crippen molar-refractivity contribution in [1.29, 1.82) is 0 Å². The Morgan fingerprint density at radius 2 is 1.85 bits per heavy atom. The minimum atomic E-state index is -0.148. The smallest absolute Gasteiger partial charge is 0.227 e. The molecule has 1 aliphatic rings. The molecule has 1 fully saturated rings. The Bertz CT molecular complexity index is 503. The number of imide groups is 1. The van der Waals surface area contributed by atoms with Gasteiger partial charge in [-0.3, -0.25) is 19.7 Å². The molecule has 1 saturated heterocycles. The van der Waals surface area contributed by atoms with E-state index < -0.39 is 0 Å². The van der Waals surface area contributed by atoms with E-state index >= 15 is 0 Å². The second-order valence-corrected chi connectivity index (χ2v) is 6.11. The number of Topliss-reactive ketones (excluding diaryl/α,β-unsaturated/α-hetero) is 1. The van der Waals surface area contributed by atoms with Gasteiger partial charge in [-0.2, -0.15) is 0 Å². The molecular weight excluding hydrogens is 274 g/mol. The summed E-state index contributed by atoms with van der Waals surface area (Å²) in [5.74, 6) is 0.0931. The van der Waals surface area contributed by atoms with Gasteiger partial charge in [0.05, 0.1) is 0 Å². The van der Waals surface area contributed by atoms with Crippen molar-refractivity contribution in [1.82, 2.24) is 5.32 Å². The summed E-state index contributed by atoms with van der Waals surface area (Å²) < 4.78 is 0. The molecule has 0 atom stereocenters. The van der Waals surface area contributed by atoms with Crippen LogP contribution in [0.2, 0.25) is 0 Å². The van der Waals surface area contributed by atoms with Gasteiger partial charge >= 0.3 is 0 Å². The zero-order valence-corrected chi connectivity index (χ0v) is 13.2. The van der Waals surface area contributed by atoms with Gasteiger partial charge in [0.1, 0.15) is 0 Å². The van der Waals surface area contributed by atoms with Crippen LogP contribution in [-0.2, 0) is 16.0 Å². The largest absolute Gasteiger partial charge is 0.296 e. The molecule has 1 aliphatic heterocycles. The van der Waals surface area contributed by atoms with E-state index in [1.807, 2.05) is 19.2 Å². The minimum Gasteiger partial charge on any atom is -0.296 e. The lowest BCUT2D eigenvalue weighted by atomic mass is 9.98. The van der Waals surface area contributed by atoms with Gasteiger partial charge in [0, 0.05) is 34.6 Å². The van der Waals surface area contributed by atoms with Crippen molar-refractivity contribution in [3.63, 3.8) is 0 Å². The van der Waals surface area contributed by atoms with E-state index in [1.54, 1.807) is 11.3 Å². The second-order valence-electron chi connectivity index (χ2n) is 5.03. The zero-order valence-electron chi connectivity index (χ0n) is 12.4. The summed E-state index contributed by atoms with van der Waals surface area (Å²) in [5, 5.41) is 4.14. The predicted molar refractivity (Wildman–Crippen MR) is 80.0 cm³/mol. The Labute approximate surface area is 123 Å². The molecule has 0 saturated carbocycles. The number of amides is 2. The van der Waals surface area contributed by atoms with Crippen molar-refractivity contribution in [3.05, 3.63) is 21.4 Å². The van der Waals surface area contributed by atoms with Crippen LogP contribution in [0.25, 0.3) is 0 Å². The molecule has 20 heavy (non-hydrogen) atoms. The third-order valence-corrected chi connectivity index (χ3v) is 4.06. The van der Waals surface area contributed by atoms with Crippen LogP contribution in [0.5, 0.6) is 0 Å². The Morgan fingerprint density at radius 3 is 2.20 bits per heavy atom. The number of thiophene rings is 1. The Morgan fingerprint density at radius 1 is 1.30 bits per heavy atom. The molecule has 0 aliphatic carbocycles. The van der Waals surface area contributed by atoms with Crippen LogP contribution in [0, 0.1) is 12.8 Å². The number of ketones is 1. The standard InChI is InChI=1S/C11H16OS.C4H5NO2/c1-5-9-8(4)13-6-10(9)11(12)7(2)3;6-3-1-2-4(7)5-3/h6-7H,5H2,1-4H3;1-2H2,(H,5,6,7). The molecule has 4 nitrogen and oxygen atoms in total. The fraction of sp³-hybridized carbons (Fsp3) is 0.533. The van der Waals surface area contributed by atoms with Gasteiger partial charge in [-0.05, 0) is 18.9 Å². The van der Waals surface area contributed by atoms with Crippen LogP contribution in [0.1, 0.15) is 54.4 Å². The highest BCUT2D eigenvalue weighted by Gasteiger charge is 2.17. The Kier molecular flexibility index (Phi) is 6.07. The quantitative estimate of drug-likeness (QED) is 0.689. The van der Waals surface area contributed by atoms with E-state index in [1.165, 1.54) is 10.4 Å². The van der Waals surface area contributed by atoms with E-state index in [-0.39, 0.29) is 23.5 Å². The Balaban J connectivity index is 0.000000240. The summed E-state index contributed by atoms with van der Waals surface area (Å²) in [6.45, 7) is 8.09. The van der Waals surface area contributed by atoms with Crippen LogP contribution < -0.4 is 5.32 Å². The molecule has 1 aromatic heterocycles. The minimum absolute atomic E-state index is 0.110. The number of rotatable bonds is 3. The topological polar surface area (TPSA) is 63.2 Å². The SMILES string of the molecule is CCc1c(C(=O)C(C)C)csc1C.O=C1CCC(=O)N1. The maximum atomic E-state index is 11.7. The number of carbonyl (C=O) groups excluding carboxylic acids is 3. The highest BCUT2D eigenvalue weighted by Crippen LogP contribution is 2.24. The van der Waals surface area contributed by atoms with Gasteiger partial charge < -0.3 is 0 Å². The lowest BCUT2D eigenvalue weighted by Gasteiger charge is -2.04. The number of aryl methyl sites for hydroxylation is 1. The van der Waals surface area contributed by atoms with E-state index in [0.717, 1.165) is 12.0 Å². The molecule has 1 N–H and O–H groups in total. The third kappa shape index (κ3) is 4.27. The van der Waals surface area contributed by atoms with Gasteiger partial charge in [0.15, 0.2) is 5.78 Å². The molecule has 0 spiro atoms. The van der Waals surface area contributed by atoms with Gasteiger partial charge in [0.2, 0.25) is 11.8 Å². The van der Waals surface area contributed by atoms with E-state index in [4.69, 9.17) is 0 Å². The van der Waals surface area contributed by atoms with E-state index in [2.05, 4.69) is 19.2 Å². The van der Waals surface area contributed by atoms with E-state index in [9.17, 15) is 14.4 Å². The van der Waals surface area contributed by atoms with Gasteiger partial charge in [-0.25, -0.2) is 0 Å². The average Bonchev–Trinajstić information content (AvgIpc) is 2.94. The normalized spacial score (nSPS) is 14.1. The maximum absolute atomic E-state index is 11.7. The second kappa shape index (κ2) is 7.33. The highest BCUT2D eigenvalue weighted by molar-refractivity contribution is 7.10. The number of nitrogens with one attached hydrogen (secondary N) is 1. The zero-order chi connectivity index (χ0) is 15.3. The first-order valence-electron chi connectivity index (χ1n) is 6.80. The molecule has 0 aromatic carbocycles. The Hall–Kier alpha value is -1.49. The summed E-state index contributed by atoms with van der Waals surface area (Å²) >= 11 is 1.68. The lowest BCUT2D eigenvalue weighted by molar-refractivity contribution is -0.124. The average molecular weight is 295 g/mol. The highest BCUT2D eigenvalue weighted by atomic mass is 32.1. The third-order valence-electron chi connectivity index (χ3n) is 3.11. The monoisotopic (exact) mass is 295 g/mol. The van der Waals surface area contributed by atoms with Crippen LogP contribution in [0.3, 0.4) is 0 Å². The molecule has 2 rings (SSSR count). The number of hydrogen-bond donors (Lipinski definition) is 1. The van der Waals surface area contributed by atoms with Crippen molar-refractivity contribution in [2.45, 2.75) is 47.0 Å². The first-order chi connectivity index (χ1) is 9.36. The molecular formula is C15H21NO3S. The molecule has 5 heteroatoms. The van der Waals surface area contributed by atoms with Crippen molar-refractivity contribution in [2.75, 3.05) is 0 Å². The summed E-state index contributed by atoms with van der Waals surface area (Å²) in [6.07, 6.45) is 1.71. The first kappa shape index (κ1) is 16.6. The molecule has 1 aromatic rings. The van der Waals surface area contributed by atoms with Gasteiger partial charge in [0.25, 0.3) is 0 Å². The van der Waals surface area contributed by atoms with Gasteiger partial charge in [-0.1, -0.05) is 20.8 Å². The van der Waals surface area contributed by atoms with Crippen LogP contribution in [0.15, 0.2) is 5.38 Å². The summed E-state index contributed by atoms with van der Waals surface area (Å²) in [4.78, 5) is 33.3. The van der Waals surface area contributed by atoms with E-state index in [0.29, 0.717) is 12.8 Å². The van der Waals surface area contributed by atoms with Crippen molar-refractivity contribution >= 4 is 28.9 Å². The summed E-state index contributed by atoms with van der Waals surface area (Å²) in [6, 6.07) is 0. The van der Waals surface area contributed by atoms with Crippen LogP contribution in [-0.4, -0.2) is 17.6 Å². The first-order valence-corrected chi connectivity index (χ1v) is 7.68. The van der Waals surface area contributed by atoms with Crippen LogP contribution in [0.4, 0.5) is 0 Å². The van der Waals surface area contributed by atoms with Crippen molar-refractivity contribution in [3.8, 4) is 0 Å². The number of hydrogen-bond acceptors (Lipinski definition) is 4. The molecule has 110 valence electrons. The number of carbonyl (C=O) groups is 3. The molecule has 0 unspecified atom stereocenters. The lowest BCUT2D eigenvalue weighted by Crippen LogP contribution is -2.18. The fourth-order valence-electron chi connectivity index (χ4n) is 1.94. The van der Waals surface area contributed by atoms with Crippen molar-refractivity contribution in [2.24, 2.45) is 5.92 Å². The molecule has 0 radical (unpaired) electrons. The van der Waals surface area contributed by atoms with Gasteiger partial charge in [-0.15, -0.1) is 11.3 Å². The molecule has 0 bridgehead atoms. The molecule has 2 amide bonds.